The average Bonchev–Trinajstić information content (AvgIpc) is 3.28. The van der Waals surface area contributed by atoms with Crippen molar-refractivity contribution in [1.29, 1.82) is 0 Å². The van der Waals surface area contributed by atoms with Crippen LogP contribution in [0.25, 0.3) is 0 Å². The third-order valence-corrected chi connectivity index (χ3v) is 6.28. The summed E-state index contributed by atoms with van der Waals surface area (Å²) in [4.78, 5) is 40.4. The minimum Gasteiger partial charge on any atom is -0.486 e. The van der Waals surface area contributed by atoms with Gasteiger partial charge in [-0.15, -0.1) is 11.3 Å². The maximum absolute atomic E-state index is 12.6. The summed E-state index contributed by atoms with van der Waals surface area (Å²) in [7, 11) is 0. The molecule has 2 N–H and O–H groups in total. The highest BCUT2D eigenvalue weighted by Crippen LogP contribution is 2.20. The summed E-state index contributed by atoms with van der Waals surface area (Å²) in [6, 6.07) is 7.92. The van der Waals surface area contributed by atoms with E-state index >= 15 is 0 Å². The number of carbonyl (C=O) groups excluding carboxylic acids is 3. The van der Waals surface area contributed by atoms with Gasteiger partial charge >= 0.3 is 5.97 Å². The minimum atomic E-state index is -0.356. The summed E-state index contributed by atoms with van der Waals surface area (Å²) in [5.41, 5.74) is 1.57. The van der Waals surface area contributed by atoms with Crippen molar-refractivity contribution in [3.05, 3.63) is 45.9 Å². The molecule has 0 spiro atoms. The molecule has 9 heteroatoms. The first-order valence-corrected chi connectivity index (χ1v) is 12.2. The second kappa shape index (κ2) is 12.3. The Hall–Kier alpha value is -2.94. The van der Waals surface area contributed by atoms with Crippen molar-refractivity contribution in [3.63, 3.8) is 0 Å². The topological polar surface area (TPSA) is 107 Å². The predicted molar refractivity (Wildman–Crippen MR) is 125 cm³/mol. The predicted octanol–water partition coefficient (Wildman–Crippen LogP) is 3.53. The maximum Gasteiger partial charge on any atom is 0.306 e. The van der Waals surface area contributed by atoms with Crippen LogP contribution in [0.3, 0.4) is 0 Å². The van der Waals surface area contributed by atoms with Crippen LogP contribution >= 0.6 is 11.3 Å². The molecule has 1 aliphatic rings. The number of thiazole rings is 1. The number of hydrogen-bond acceptors (Lipinski definition) is 7. The van der Waals surface area contributed by atoms with Crippen molar-refractivity contribution in [2.45, 2.75) is 71.1 Å². The van der Waals surface area contributed by atoms with Crippen molar-refractivity contribution in [2.24, 2.45) is 0 Å². The number of ether oxygens (including phenoxy) is 2. The number of rotatable bonds is 10. The van der Waals surface area contributed by atoms with Gasteiger partial charge in [0.05, 0.1) is 13.0 Å². The first-order valence-electron chi connectivity index (χ1n) is 11.3. The largest absolute Gasteiger partial charge is 0.486 e. The lowest BCUT2D eigenvalue weighted by Crippen LogP contribution is -2.43. The second-order valence-corrected chi connectivity index (χ2v) is 9.07. The number of aryl methyl sites for hydroxylation is 1. The van der Waals surface area contributed by atoms with Crippen LogP contribution < -0.4 is 15.4 Å². The number of nitrogens with zero attached hydrogens (tertiary/aromatic N) is 1. The molecule has 0 aliphatic heterocycles. The molecule has 0 unspecified atom stereocenters. The molecule has 178 valence electrons. The Bertz CT molecular complexity index is 936. The van der Waals surface area contributed by atoms with Crippen LogP contribution in [0.2, 0.25) is 0 Å². The van der Waals surface area contributed by atoms with Crippen LogP contribution in [-0.2, 0) is 20.9 Å². The molecule has 2 amide bonds. The fraction of sp³-hybridized carbons (Fsp3) is 0.500. The van der Waals surface area contributed by atoms with E-state index in [9.17, 15) is 14.4 Å². The molecule has 0 bridgehead atoms. The molecule has 8 nitrogen and oxygen atoms in total. The van der Waals surface area contributed by atoms with Gasteiger partial charge < -0.3 is 20.1 Å². The highest BCUT2D eigenvalue weighted by Gasteiger charge is 2.24. The van der Waals surface area contributed by atoms with Crippen molar-refractivity contribution >= 4 is 29.1 Å². The van der Waals surface area contributed by atoms with Crippen molar-refractivity contribution in [2.75, 3.05) is 6.61 Å². The van der Waals surface area contributed by atoms with E-state index in [1.165, 1.54) is 16.9 Å². The van der Waals surface area contributed by atoms with Crippen LogP contribution in [0, 0.1) is 6.92 Å². The highest BCUT2D eigenvalue weighted by atomic mass is 32.1. The van der Waals surface area contributed by atoms with Gasteiger partial charge in [0.15, 0.2) is 0 Å². The van der Waals surface area contributed by atoms with Gasteiger partial charge in [0.25, 0.3) is 5.91 Å². The van der Waals surface area contributed by atoms with E-state index in [0.29, 0.717) is 18.9 Å². The summed E-state index contributed by atoms with van der Waals surface area (Å²) in [5, 5.41) is 8.51. The van der Waals surface area contributed by atoms with Gasteiger partial charge in [0.1, 0.15) is 23.1 Å². The Balaban J connectivity index is 1.36. The fourth-order valence-corrected chi connectivity index (χ4v) is 4.34. The molecule has 0 atom stereocenters. The molecule has 1 aromatic heterocycles. The minimum absolute atomic E-state index is 0.0548. The van der Waals surface area contributed by atoms with Gasteiger partial charge in [-0.3, -0.25) is 14.4 Å². The number of aromatic nitrogens is 1. The van der Waals surface area contributed by atoms with Crippen molar-refractivity contribution in [1.82, 2.24) is 15.6 Å². The van der Waals surface area contributed by atoms with Gasteiger partial charge in [-0.05, 0) is 51.7 Å². The van der Waals surface area contributed by atoms with E-state index in [1.807, 2.05) is 31.2 Å². The van der Waals surface area contributed by atoms with Crippen molar-refractivity contribution < 1.29 is 23.9 Å². The lowest BCUT2D eigenvalue weighted by Gasteiger charge is -2.29. The molecule has 33 heavy (non-hydrogen) atoms. The van der Waals surface area contributed by atoms with E-state index in [0.717, 1.165) is 36.4 Å². The molecule has 1 saturated carbocycles. The Morgan fingerprint density at radius 1 is 1.03 bits per heavy atom. The standard InChI is InChI=1S/C24H31N3O5S/c1-3-31-23(29)13-12-21(28)25-17-6-8-18(9-7-17)26-24(30)20-15-33-22(27-20)14-32-19-10-4-16(2)5-11-19/h4-5,10-11,15,17-18H,3,6-9,12-14H2,1-2H3,(H,25,28)(H,26,30). The Morgan fingerprint density at radius 2 is 1.70 bits per heavy atom. The van der Waals surface area contributed by atoms with Gasteiger partial charge in [-0.2, -0.15) is 0 Å². The third kappa shape index (κ3) is 8.16. The number of hydrogen-bond donors (Lipinski definition) is 2. The first-order chi connectivity index (χ1) is 15.9. The molecule has 1 aromatic carbocycles. The van der Waals surface area contributed by atoms with Gasteiger partial charge in [-0.25, -0.2) is 4.98 Å². The summed E-state index contributed by atoms with van der Waals surface area (Å²) < 4.78 is 10.6. The zero-order valence-corrected chi connectivity index (χ0v) is 19.9. The van der Waals surface area contributed by atoms with Crippen LogP contribution in [-0.4, -0.2) is 41.5 Å². The van der Waals surface area contributed by atoms with Gasteiger partial charge in [-0.1, -0.05) is 17.7 Å². The molecular formula is C24H31N3O5S. The monoisotopic (exact) mass is 473 g/mol. The Labute approximate surface area is 198 Å². The molecular weight excluding hydrogens is 442 g/mol. The number of amides is 2. The summed E-state index contributed by atoms with van der Waals surface area (Å²) >= 11 is 1.40. The van der Waals surface area contributed by atoms with Crippen LogP contribution in [0.15, 0.2) is 29.6 Å². The van der Waals surface area contributed by atoms with Gasteiger partial charge in [0, 0.05) is 23.9 Å². The summed E-state index contributed by atoms with van der Waals surface area (Å²) in [6.45, 7) is 4.40. The quantitative estimate of drug-likeness (QED) is 0.511. The molecule has 1 fully saturated rings. The van der Waals surface area contributed by atoms with E-state index in [2.05, 4.69) is 15.6 Å². The van der Waals surface area contributed by atoms with E-state index in [-0.39, 0.29) is 42.7 Å². The number of nitrogens with one attached hydrogen (secondary N) is 2. The van der Waals surface area contributed by atoms with Crippen LogP contribution in [0.1, 0.15) is 66.5 Å². The smallest absolute Gasteiger partial charge is 0.306 e. The zero-order valence-electron chi connectivity index (χ0n) is 19.1. The number of benzene rings is 1. The molecule has 0 saturated heterocycles. The molecule has 2 aromatic rings. The Morgan fingerprint density at radius 3 is 2.36 bits per heavy atom. The van der Waals surface area contributed by atoms with E-state index < -0.39 is 0 Å². The second-order valence-electron chi connectivity index (χ2n) is 8.12. The molecule has 1 heterocycles. The van der Waals surface area contributed by atoms with E-state index in [1.54, 1.807) is 12.3 Å². The van der Waals surface area contributed by atoms with Gasteiger partial charge in [0.2, 0.25) is 5.91 Å². The van der Waals surface area contributed by atoms with E-state index in [4.69, 9.17) is 9.47 Å². The zero-order chi connectivity index (χ0) is 23.6. The van der Waals surface area contributed by atoms with Crippen LogP contribution in [0.5, 0.6) is 5.75 Å². The highest BCUT2D eigenvalue weighted by molar-refractivity contribution is 7.09. The molecule has 3 rings (SSSR count). The Kier molecular flexibility index (Phi) is 9.24. The number of esters is 1. The first kappa shape index (κ1) is 24.7. The molecule has 1 aliphatic carbocycles. The average molecular weight is 474 g/mol. The fourth-order valence-electron chi connectivity index (χ4n) is 3.65. The maximum atomic E-state index is 12.6. The van der Waals surface area contributed by atoms with Crippen molar-refractivity contribution in [3.8, 4) is 5.75 Å². The lowest BCUT2D eigenvalue weighted by atomic mass is 9.91. The lowest BCUT2D eigenvalue weighted by molar-refractivity contribution is -0.144. The van der Waals surface area contributed by atoms with Crippen LogP contribution in [0.4, 0.5) is 0 Å². The molecule has 0 radical (unpaired) electrons. The SMILES string of the molecule is CCOC(=O)CCC(=O)NC1CCC(NC(=O)c2csc(COc3ccc(C)cc3)n2)CC1. The third-order valence-electron chi connectivity index (χ3n) is 5.46. The normalized spacial score (nSPS) is 17.8. The summed E-state index contributed by atoms with van der Waals surface area (Å²) in [5.74, 6) is 0.0886. The summed E-state index contributed by atoms with van der Waals surface area (Å²) in [6.07, 6.45) is 3.35. The number of carbonyl (C=O) groups is 3.